The van der Waals surface area contributed by atoms with Crippen LogP contribution in [0.5, 0.6) is 0 Å². The van der Waals surface area contributed by atoms with Crippen molar-refractivity contribution in [3.8, 4) is 12.3 Å². The second kappa shape index (κ2) is 7.06. The summed E-state index contributed by atoms with van der Waals surface area (Å²) in [5.74, 6) is -0.479. The lowest BCUT2D eigenvalue weighted by molar-refractivity contribution is -0.384. The summed E-state index contributed by atoms with van der Waals surface area (Å²) in [5.41, 5.74) is -0.838. The van der Waals surface area contributed by atoms with Crippen molar-refractivity contribution in [3.05, 3.63) is 68.7 Å². The minimum atomic E-state index is -1.000. The lowest BCUT2D eigenvalue weighted by atomic mass is 10.1. The minimum absolute atomic E-state index is 0.0601. The summed E-state index contributed by atoms with van der Waals surface area (Å²) in [6.07, 6.45) is 5.20. The van der Waals surface area contributed by atoms with Crippen LogP contribution in [0.3, 0.4) is 0 Å². The number of non-ortho nitro benzene ring substituents is 1. The van der Waals surface area contributed by atoms with Gasteiger partial charge in [0.25, 0.3) is 11.6 Å². The molecule has 0 bridgehead atoms. The molecule has 0 aliphatic heterocycles. The largest absolute Gasteiger partial charge is 0.294 e. The van der Waals surface area contributed by atoms with Gasteiger partial charge in [0, 0.05) is 18.2 Å². The lowest BCUT2D eigenvalue weighted by Gasteiger charge is -2.21. The fourth-order valence-corrected chi connectivity index (χ4v) is 2.19. The molecule has 24 heavy (non-hydrogen) atoms. The molecule has 0 atom stereocenters. The Labute approximate surface area is 140 Å². The van der Waals surface area contributed by atoms with Gasteiger partial charge < -0.3 is 0 Å². The van der Waals surface area contributed by atoms with Gasteiger partial charge in [-0.1, -0.05) is 17.5 Å². The van der Waals surface area contributed by atoms with E-state index >= 15 is 0 Å². The Bertz CT molecular complexity index is 865. The molecule has 0 fully saturated rings. The summed E-state index contributed by atoms with van der Waals surface area (Å²) in [6.45, 7) is -0.333. The molecule has 8 heteroatoms. The van der Waals surface area contributed by atoms with Gasteiger partial charge >= 0.3 is 0 Å². The van der Waals surface area contributed by atoms with Gasteiger partial charge in [0.15, 0.2) is 0 Å². The van der Waals surface area contributed by atoms with Crippen LogP contribution in [0.25, 0.3) is 0 Å². The van der Waals surface area contributed by atoms with Gasteiger partial charge in [-0.25, -0.2) is 8.78 Å². The van der Waals surface area contributed by atoms with Gasteiger partial charge in [-0.05, 0) is 18.2 Å². The van der Waals surface area contributed by atoms with Crippen LogP contribution in [0.2, 0.25) is 5.02 Å². The molecule has 0 saturated heterocycles. The number of anilines is 1. The van der Waals surface area contributed by atoms with Crippen molar-refractivity contribution < 1.29 is 18.5 Å². The van der Waals surface area contributed by atoms with Crippen molar-refractivity contribution >= 4 is 28.9 Å². The highest BCUT2D eigenvalue weighted by molar-refractivity contribution is 6.34. The van der Waals surface area contributed by atoms with Crippen molar-refractivity contribution in [1.29, 1.82) is 0 Å². The van der Waals surface area contributed by atoms with E-state index in [2.05, 4.69) is 5.92 Å². The smallest absolute Gasteiger partial charge is 0.270 e. The van der Waals surface area contributed by atoms with E-state index in [1.807, 2.05) is 0 Å². The molecule has 0 aromatic heterocycles. The zero-order valence-electron chi connectivity index (χ0n) is 12.0. The molecule has 0 aliphatic carbocycles. The fraction of sp³-hybridized carbons (Fsp3) is 0.0625. The number of nitro groups is 1. The number of halogens is 3. The zero-order chi connectivity index (χ0) is 17.9. The monoisotopic (exact) mass is 350 g/mol. The Morgan fingerprint density at radius 1 is 1.29 bits per heavy atom. The summed E-state index contributed by atoms with van der Waals surface area (Å²) in [4.78, 5) is 23.6. The first-order chi connectivity index (χ1) is 11.3. The second-order valence-electron chi connectivity index (χ2n) is 4.61. The van der Waals surface area contributed by atoms with E-state index in [1.54, 1.807) is 0 Å². The number of carbonyl (C=O) groups is 1. The van der Waals surface area contributed by atoms with Crippen LogP contribution < -0.4 is 4.90 Å². The molecule has 2 rings (SSSR count). The Morgan fingerprint density at radius 2 is 2.00 bits per heavy atom. The standard InChI is InChI=1S/C16H9ClF2N2O3/c1-2-7-20(15-6-3-10(18)8-14(15)19)16(22)12-9-11(21(23)24)4-5-13(12)17/h1,3-6,8-9H,7H2. The molecule has 0 aliphatic rings. The predicted octanol–water partition coefficient (Wildman–Crippen LogP) is 3.81. The molecule has 2 aromatic carbocycles. The molecule has 122 valence electrons. The van der Waals surface area contributed by atoms with Crippen LogP contribution in [0, 0.1) is 34.1 Å². The molecule has 0 unspecified atom stereocenters. The summed E-state index contributed by atoms with van der Waals surface area (Å²) in [7, 11) is 0. The van der Waals surface area contributed by atoms with Gasteiger partial charge in [0.05, 0.1) is 27.7 Å². The average molecular weight is 351 g/mol. The summed E-state index contributed by atoms with van der Waals surface area (Å²) < 4.78 is 27.0. The highest BCUT2D eigenvalue weighted by Crippen LogP contribution is 2.27. The normalized spacial score (nSPS) is 10.1. The van der Waals surface area contributed by atoms with Crippen LogP contribution >= 0.6 is 11.6 Å². The number of carbonyl (C=O) groups excluding carboxylic acids is 1. The number of benzene rings is 2. The van der Waals surface area contributed by atoms with E-state index in [1.165, 1.54) is 6.07 Å². The lowest BCUT2D eigenvalue weighted by Crippen LogP contribution is -2.32. The van der Waals surface area contributed by atoms with E-state index in [0.29, 0.717) is 6.07 Å². The fourth-order valence-electron chi connectivity index (χ4n) is 1.99. The van der Waals surface area contributed by atoms with Crippen LogP contribution in [0.15, 0.2) is 36.4 Å². The third-order valence-electron chi connectivity index (χ3n) is 3.09. The van der Waals surface area contributed by atoms with Crippen LogP contribution in [0.1, 0.15) is 10.4 Å². The number of terminal acetylenes is 1. The number of nitro benzene ring substituents is 1. The van der Waals surface area contributed by atoms with Crippen LogP contribution in [0.4, 0.5) is 20.2 Å². The summed E-state index contributed by atoms with van der Waals surface area (Å²) >= 11 is 5.92. The van der Waals surface area contributed by atoms with Crippen LogP contribution in [-0.4, -0.2) is 17.4 Å². The molecule has 0 heterocycles. The summed E-state index contributed by atoms with van der Waals surface area (Å²) in [5, 5.41) is 10.8. The van der Waals surface area contributed by atoms with Crippen LogP contribution in [-0.2, 0) is 0 Å². The third-order valence-corrected chi connectivity index (χ3v) is 3.42. The molecule has 5 nitrogen and oxygen atoms in total. The molecular formula is C16H9ClF2N2O3. The minimum Gasteiger partial charge on any atom is -0.294 e. The van der Waals surface area contributed by atoms with Gasteiger partial charge in [0.2, 0.25) is 0 Å². The van der Waals surface area contributed by atoms with E-state index < -0.39 is 22.5 Å². The Kier molecular flexibility index (Phi) is 5.11. The Balaban J connectivity index is 2.53. The molecule has 1 amide bonds. The van der Waals surface area contributed by atoms with Gasteiger partial charge in [-0.2, -0.15) is 0 Å². The van der Waals surface area contributed by atoms with E-state index in [9.17, 15) is 23.7 Å². The predicted molar refractivity (Wildman–Crippen MR) is 85.0 cm³/mol. The second-order valence-corrected chi connectivity index (χ2v) is 5.02. The maximum absolute atomic E-state index is 14.0. The van der Waals surface area contributed by atoms with Crippen molar-refractivity contribution in [3.63, 3.8) is 0 Å². The molecule has 0 radical (unpaired) electrons. The average Bonchev–Trinajstić information content (AvgIpc) is 2.53. The first-order valence-corrected chi connectivity index (χ1v) is 6.87. The summed E-state index contributed by atoms with van der Waals surface area (Å²) in [6, 6.07) is 5.89. The molecule has 0 N–H and O–H groups in total. The zero-order valence-corrected chi connectivity index (χ0v) is 12.8. The molecule has 0 spiro atoms. The van der Waals surface area contributed by atoms with Gasteiger partial charge in [-0.15, -0.1) is 6.42 Å². The SMILES string of the molecule is C#CCN(C(=O)c1cc([N+](=O)[O-])ccc1Cl)c1ccc(F)cc1F. The van der Waals surface area contributed by atoms with Gasteiger partial charge in [-0.3, -0.25) is 19.8 Å². The topological polar surface area (TPSA) is 63.5 Å². The number of hydrogen-bond acceptors (Lipinski definition) is 3. The molecular weight excluding hydrogens is 342 g/mol. The van der Waals surface area contributed by atoms with E-state index in [0.717, 1.165) is 29.2 Å². The van der Waals surface area contributed by atoms with E-state index in [-0.39, 0.29) is 28.5 Å². The number of rotatable bonds is 4. The number of hydrogen-bond donors (Lipinski definition) is 0. The number of nitrogens with zero attached hydrogens (tertiary/aromatic N) is 2. The maximum atomic E-state index is 14.0. The van der Waals surface area contributed by atoms with E-state index in [4.69, 9.17) is 18.0 Å². The van der Waals surface area contributed by atoms with Crippen molar-refractivity contribution in [2.24, 2.45) is 0 Å². The number of amides is 1. The maximum Gasteiger partial charge on any atom is 0.270 e. The van der Waals surface area contributed by atoms with Crippen molar-refractivity contribution in [2.45, 2.75) is 0 Å². The highest BCUT2D eigenvalue weighted by Gasteiger charge is 2.24. The van der Waals surface area contributed by atoms with Crippen molar-refractivity contribution in [1.82, 2.24) is 0 Å². The Morgan fingerprint density at radius 3 is 2.58 bits per heavy atom. The third kappa shape index (κ3) is 3.50. The first kappa shape index (κ1) is 17.4. The molecule has 2 aromatic rings. The quantitative estimate of drug-likeness (QED) is 0.478. The van der Waals surface area contributed by atoms with Gasteiger partial charge in [0.1, 0.15) is 11.6 Å². The first-order valence-electron chi connectivity index (χ1n) is 6.49. The highest BCUT2D eigenvalue weighted by atomic mass is 35.5. The van der Waals surface area contributed by atoms with Crippen molar-refractivity contribution in [2.75, 3.05) is 11.4 Å². The molecule has 0 saturated carbocycles. The Hall–Kier alpha value is -2.98.